The first-order valence-corrected chi connectivity index (χ1v) is 8.74. The number of amides is 1. The van der Waals surface area contributed by atoms with Gasteiger partial charge in [-0.1, -0.05) is 30.3 Å². The van der Waals surface area contributed by atoms with Crippen LogP contribution in [-0.2, 0) is 6.42 Å². The average molecular weight is 346 g/mol. The van der Waals surface area contributed by atoms with Gasteiger partial charge in [0.1, 0.15) is 5.69 Å². The molecule has 1 aliphatic carbocycles. The van der Waals surface area contributed by atoms with Crippen molar-refractivity contribution in [2.75, 3.05) is 0 Å². The van der Waals surface area contributed by atoms with Crippen molar-refractivity contribution in [3.63, 3.8) is 0 Å². The van der Waals surface area contributed by atoms with E-state index in [4.69, 9.17) is 5.73 Å². The largest absolute Gasteiger partial charge is 0.388 e. The summed E-state index contributed by atoms with van der Waals surface area (Å²) in [5.41, 5.74) is 10.6. The molecule has 6 heteroatoms. The fourth-order valence-corrected chi connectivity index (χ4v) is 4.45. The summed E-state index contributed by atoms with van der Waals surface area (Å²) in [4.78, 5) is 20.0. The number of fused-ring (bicyclic) bond motifs is 4. The lowest BCUT2D eigenvalue weighted by Gasteiger charge is -2.34. The molecule has 2 aromatic heterocycles. The van der Waals surface area contributed by atoms with Gasteiger partial charge in [0.2, 0.25) is 0 Å². The van der Waals surface area contributed by atoms with Crippen molar-refractivity contribution in [2.24, 2.45) is 11.7 Å². The Morgan fingerprint density at radius 1 is 1.19 bits per heavy atom. The second kappa shape index (κ2) is 5.51. The van der Waals surface area contributed by atoms with Crippen LogP contribution in [0.25, 0.3) is 11.3 Å². The molecular formula is C20H18N4O2. The van der Waals surface area contributed by atoms with Crippen LogP contribution in [0.3, 0.4) is 0 Å². The SMILES string of the molecule is NC(=O)c1ccc2c(n1)CC[C@H]([C@H]1c3ccccc3-c3cncn31)[C@H]2O. The summed E-state index contributed by atoms with van der Waals surface area (Å²) < 4.78 is 2.16. The molecule has 0 bridgehead atoms. The fraction of sp³-hybridized carbons (Fsp3) is 0.250. The number of nitrogens with zero attached hydrogens (tertiary/aromatic N) is 3. The van der Waals surface area contributed by atoms with E-state index in [9.17, 15) is 9.90 Å². The third kappa shape index (κ3) is 2.05. The van der Waals surface area contributed by atoms with Crippen LogP contribution in [0.5, 0.6) is 0 Å². The maximum atomic E-state index is 11.4. The van der Waals surface area contributed by atoms with Gasteiger partial charge in [-0.15, -0.1) is 0 Å². The Labute approximate surface area is 150 Å². The van der Waals surface area contributed by atoms with Crippen molar-refractivity contribution >= 4 is 5.91 Å². The van der Waals surface area contributed by atoms with Gasteiger partial charge in [-0.3, -0.25) is 4.79 Å². The molecule has 3 atom stereocenters. The Hall–Kier alpha value is -2.99. The molecule has 3 aromatic rings. The maximum Gasteiger partial charge on any atom is 0.267 e. The normalized spacial score (nSPS) is 23.2. The molecule has 0 spiro atoms. The van der Waals surface area contributed by atoms with Gasteiger partial charge >= 0.3 is 0 Å². The van der Waals surface area contributed by atoms with Crippen molar-refractivity contribution in [3.05, 3.63) is 71.4 Å². The molecule has 130 valence electrons. The van der Waals surface area contributed by atoms with E-state index in [1.165, 1.54) is 11.1 Å². The summed E-state index contributed by atoms with van der Waals surface area (Å²) in [6.45, 7) is 0. The molecule has 0 fully saturated rings. The smallest absolute Gasteiger partial charge is 0.267 e. The van der Waals surface area contributed by atoms with E-state index in [2.05, 4.69) is 26.7 Å². The van der Waals surface area contributed by atoms with Crippen molar-refractivity contribution in [3.8, 4) is 11.3 Å². The zero-order chi connectivity index (χ0) is 17.8. The number of hydrogen-bond acceptors (Lipinski definition) is 4. The average Bonchev–Trinajstić information content (AvgIpc) is 3.23. The highest BCUT2D eigenvalue weighted by Crippen LogP contribution is 2.49. The summed E-state index contributed by atoms with van der Waals surface area (Å²) in [6.07, 6.45) is 4.56. The van der Waals surface area contributed by atoms with Crippen LogP contribution in [0.2, 0.25) is 0 Å². The van der Waals surface area contributed by atoms with Gasteiger partial charge in [0, 0.05) is 22.7 Å². The number of aryl methyl sites for hydroxylation is 1. The van der Waals surface area contributed by atoms with Crippen LogP contribution in [0.1, 0.15) is 45.9 Å². The van der Waals surface area contributed by atoms with E-state index >= 15 is 0 Å². The number of carbonyl (C=O) groups is 1. The van der Waals surface area contributed by atoms with E-state index in [0.29, 0.717) is 6.42 Å². The molecule has 0 saturated carbocycles. The Kier molecular flexibility index (Phi) is 3.24. The highest BCUT2D eigenvalue weighted by Gasteiger charge is 2.40. The molecule has 1 aliphatic heterocycles. The molecule has 0 unspecified atom stereocenters. The monoisotopic (exact) mass is 346 g/mol. The first-order chi connectivity index (χ1) is 12.6. The number of primary amides is 1. The van der Waals surface area contributed by atoms with E-state index in [1.807, 2.05) is 24.7 Å². The number of carbonyl (C=O) groups excluding carboxylic acids is 1. The Balaban J connectivity index is 1.57. The third-order valence-electron chi connectivity index (χ3n) is 5.63. The van der Waals surface area contributed by atoms with Gasteiger partial charge in [0.25, 0.3) is 5.91 Å². The van der Waals surface area contributed by atoms with Crippen LogP contribution in [0.15, 0.2) is 48.9 Å². The number of nitrogens with two attached hydrogens (primary N) is 1. The van der Waals surface area contributed by atoms with Crippen molar-refractivity contribution in [1.29, 1.82) is 0 Å². The van der Waals surface area contributed by atoms with Crippen LogP contribution in [0.4, 0.5) is 0 Å². The Bertz CT molecular complexity index is 1030. The van der Waals surface area contributed by atoms with Gasteiger partial charge < -0.3 is 15.4 Å². The Morgan fingerprint density at radius 2 is 2.04 bits per heavy atom. The number of rotatable bonds is 2. The minimum atomic E-state index is -0.653. The highest BCUT2D eigenvalue weighted by molar-refractivity contribution is 5.90. The van der Waals surface area contributed by atoms with Crippen molar-refractivity contribution in [2.45, 2.75) is 25.0 Å². The molecule has 5 rings (SSSR count). The fourth-order valence-electron chi connectivity index (χ4n) is 4.45. The third-order valence-corrected chi connectivity index (χ3v) is 5.63. The quantitative estimate of drug-likeness (QED) is 0.744. The second-order valence-corrected chi connectivity index (χ2v) is 6.96. The van der Waals surface area contributed by atoms with E-state index in [0.717, 1.165) is 23.4 Å². The van der Waals surface area contributed by atoms with Gasteiger partial charge in [-0.05, 0) is 24.5 Å². The minimum Gasteiger partial charge on any atom is -0.388 e. The lowest BCUT2D eigenvalue weighted by molar-refractivity contribution is 0.0708. The van der Waals surface area contributed by atoms with Crippen molar-refractivity contribution < 1.29 is 9.90 Å². The van der Waals surface area contributed by atoms with E-state index < -0.39 is 12.0 Å². The predicted octanol–water partition coefficient (Wildman–Crippen LogP) is 2.24. The molecule has 1 amide bonds. The minimum absolute atomic E-state index is 0.0142. The van der Waals surface area contributed by atoms with Gasteiger partial charge in [0.05, 0.1) is 30.4 Å². The zero-order valence-corrected chi connectivity index (χ0v) is 14.0. The summed E-state index contributed by atoms with van der Waals surface area (Å²) in [5.74, 6) is -0.530. The molecule has 0 radical (unpaired) electrons. The lowest BCUT2D eigenvalue weighted by atomic mass is 9.77. The summed E-state index contributed by atoms with van der Waals surface area (Å²) in [7, 11) is 0. The first-order valence-electron chi connectivity index (χ1n) is 8.74. The molecule has 2 aliphatic rings. The molecule has 6 nitrogen and oxygen atoms in total. The van der Waals surface area contributed by atoms with Crippen LogP contribution < -0.4 is 5.73 Å². The van der Waals surface area contributed by atoms with Gasteiger partial charge in [-0.2, -0.15) is 0 Å². The molecule has 1 aromatic carbocycles. The van der Waals surface area contributed by atoms with Crippen LogP contribution >= 0.6 is 0 Å². The summed E-state index contributed by atoms with van der Waals surface area (Å²) in [6, 6.07) is 11.7. The number of aromatic nitrogens is 3. The van der Waals surface area contributed by atoms with Crippen LogP contribution in [-0.4, -0.2) is 25.5 Å². The number of hydrogen-bond donors (Lipinski definition) is 2. The molecule has 3 heterocycles. The number of pyridine rings is 1. The first kappa shape index (κ1) is 15.3. The van der Waals surface area contributed by atoms with Crippen molar-refractivity contribution in [1.82, 2.24) is 14.5 Å². The zero-order valence-electron chi connectivity index (χ0n) is 14.0. The second-order valence-electron chi connectivity index (χ2n) is 6.96. The predicted molar refractivity (Wildman–Crippen MR) is 95.3 cm³/mol. The summed E-state index contributed by atoms with van der Waals surface area (Å²) >= 11 is 0. The van der Waals surface area contributed by atoms with Crippen LogP contribution in [0, 0.1) is 5.92 Å². The number of imidazole rings is 1. The van der Waals surface area contributed by atoms with E-state index in [1.54, 1.807) is 12.1 Å². The molecular weight excluding hydrogens is 328 g/mol. The highest BCUT2D eigenvalue weighted by atomic mass is 16.3. The number of aliphatic hydroxyl groups is 1. The topological polar surface area (TPSA) is 94.0 Å². The Morgan fingerprint density at radius 3 is 2.88 bits per heavy atom. The lowest BCUT2D eigenvalue weighted by Crippen LogP contribution is -2.29. The standard InChI is InChI=1S/C20H18N4O2/c21-20(26)16-8-5-13-15(23-16)7-6-14(19(13)25)18-12-4-2-1-3-11(12)17-9-22-10-24(17)18/h1-5,8-10,14,18-19,25H,6-7H2,(H2,21,26)/t14-,18-,19+/m1/s1. The molecule has 3 N–H and O–H groups in total. The van der Waals surface area contributed by atoms with E-state index in [-0.39, 0.29) is 17.7 Å². The van der Waals surface area contributed by atoms with Gasteiger partial charge in [0.15, 0.2) is 0 Å². The molecule has 26 heavy (non-hydrogen) atoms. The number of aliphatic hydroxyl groups excluding tert-OH is 1. The molecule has 0 saturated heterocycles. The summed E-state index contributed by atoms with van der Waals surface area (Å²) in [5, 5.41) is 11.1. The number of benzene rings is 1. The maximum absolute atomic E-state index is 11.4. The van der Waals surface area contributed by atoms with Gasteiger partial charge in [-0.25, -0.2) is 9.97 Å².